The number of urea groups is 1. The Balaban J connectivity index is 1.79. The zero-order valence-corrected chi connectivity index (χ0v) is 19.3. The van der Waals surface area contributed by atoms with Crippen LogP contribution in [0.25, 0.3) is 21.9 Å². The average molecular weight is 447 g/mol. The van der Waals surface area contributed by atoms with Gasteiger partial charge in [-0.1, -0.05) is 50.2 Å². The fourth-order valence-corrected chi connectivity index (χ4v) is 4.27. The number of primary amides is 1. The number of hydrogen-bond acceptors (Lipinski definition) is 5. The minimum absolute atomic E-state index is 0.334. The summed E-state index contributed by atoms with van der Waals surface area (Å²) in [6.07, 6.45) is 0.632. The Morgan fingerprint density at radius 3 is 2.48 bits per heavy atom. The van der Waals surface area contributed by atoms with Crippen LogP contribution in [0.2, 0.25) is 0 Å². The van der Waals surface area contributed by atoms with Gasteiger partial charge in [0.25, 0.3) is 0 Å². The largest absolute Gasteiger partial charge is 0.384 e. The highest BCUT2D eigenvalue weighted by Crippen LogP contribution is 2.32. The van der Waals surface area contributed by atoms with Gasteiger partial charge in [-0.3, -0.25) is 4.90 Å². The molecular formula is C25H30N6O2. The summed E-state index contributed by atoms with van der Waals surface area (Å²) in [6.45, 7) is 5.81. The van der Waals surface area contributed by atoms with Gasteiger partial charge in [0.15, 0.2) is 5.82 Å². The number of para-hydroxylation sites is 2. The molecule has 0 bridgehead atoms. The number of rotatable bonds is 8. The molecule has 0 saturated carbocycles. The van der Waals surface area contributed by atoms with E-state index in [4.69, 9.17) is 21.2 Å². The number of amides is 2. The minimum Gasteiger partial charge on any atom is -0.384 e. The Morgan fingerprint density at radius 2 is 1.79 bits per heavy atom. The number of nitrogens with two attached hydrogens (primary N) is 2. The second-order valence-corrected chi connectivity index (χ2v) is 8.99. The molecule has 0 radical (unpaired) electrons. The topological polar surface area (TPSA) is 112 Å². The molecule has 4 rings (SSSR count). The quantitative estimate of drug-likeness (QED) is 0.425. The van der Waals surface area contributed by atoms with Crippen molar-refractivity contribution in [1.82, 2.24) is 14.5 Å². The van der Waals surface area contributed by atoms with Crippen LogP contribution in [-0.2, 0) is 17.7 Å². The lowest BCUT2D eigenvalue weighted by atomic mass is 9.92. The van der Waals surface area contributed by atoms with Gasteiger partial charge in [0.2, 0.25) is 0 Å². The van der Waals surface area contributed by atoms with Crippen LogP contribution in [0, 0.1) is 5.41 Å². The Kier molecular flexibility index (Phi) is 6.20. The Bertz CT molecular complexity index is 1280. The molecule has 33 heavy (non-hydrogen) atoms. The lowest BCUT2D eigenvalue weighted by molar-refractivity contribution is 0.198. The van der Waals surface area contributed by atoms with E-state index in [9.17, 15) is 4.79 Å². The van der Waals surface area contributed by atoms with Crippen molar-refractivity contribution in [2.45, 2.75) is 26.8 Å². The van der Waals surface area contributed by atoms with Crippen molar-refractivity contribution in [2.24, 2.45) is 11.1 Å². The fourth-order valence-electron chi connectivity index (χ4n) is 4.27. The number of nitrogen functional groups attached to an aromatic ring is 1. The molecule has 2 aromatic carbocycles. The number of methoxy groups -OCH3 is 1. The zero-order valence-electron chi connectivity index (χ0n) is 19.3. The first-order chi connectivity index (χ1) is 15.8. The molecule has 8 heteroatoms. The third-order valence-corrected chi connectivity index (χ3v) is 5.73. The summed E-state index contributed by atoms with van der Waals surface area (Å²) >= 11 is 0. The average Bonchev–Trinajstić information content (AvgIpc) is 3.15. The number of nitrogens with zero attached hydrogens (tertiary/aromatic N) is 4. The molecule has 2 aromatic heterocycles. The highest BCUT2D eigenvalue weighted by Gasteiger charge is 2.28. The first-order valence-corrected chi connectivity index (χ1v) is 10.9. The van der Waals surface area contributed by atoms with Crippen LogP contribution >= 0.6 is 0 Å². The predicted molar refractivity (Wildman–Crippen MR) is 132 cm³/mol. The standard InChI is InChI=1S/C25H30N6O2/c1-25(2,15-30(24(27)32)17-9-5-4-6-10-17)16-31-20(13-14-33-3)29-21-22(31)18-11-7-8-12-19(18)28-23(21)26/h4-12H,13-16H2,1-3H3,(H2,26,28)(H2,27,32). The monoisotopic (exact) mass is 446 g/mol. The number of pyridine rings is 1. The zero-order chi connectivity index (χ0) is 23.6. The smallest absolute Gasteiger partial charge is 0.319 e. The molecule has 0 saturated heterocycles. The summed E-state index contributed by atoms with van der Waals surface area (Å²) in [4.78, 5) is 23.3. The van der Waals surface area contributed by atoms with E-state index in [1.165, 1.54) is 0 Å². The second kappa shape index (κ2) is 9.07. The molecule has 4 aromatic rings. The maximum atomic E-state index is 12.3. The van der Waals surface area contributed by atoms with Crippen molar-refractivity contribution in [3.63, 3.8) is 0 Å². The number of benzene rings is 2. The molecule has 0 aliphatic heterocycles. The van der Waals surface area contributed by atoms with Crippen LogP contribution in [0.4, 0.5) is 16.3 Å². The van der Waals surface area contributed by atoms with Crippen LogP contribution in [0.3, 0.4) is 0 Å². The van der Waals surface area contributed by atoms with E-state index in [2.05, 4.69) is 23.4 Å². The van der Waals surface area contributed by atoms with E-state index in [1.807, 2.05) is 54.6 Å². The number of imidazole rings is 1. The molecule has 2 heterocycles. The Morgan fingerprint density at radius 1 is 1.09 bits per heavy atom. The van der Waals surface area contributed by atoms with E-state index in [0.717, 1.165) is 27.9 Å². The van der Waals surface area contributed by atoms with Gasteiger partial charge in [-0.15, -0.1) is 0 Å². The van der Waals surface area contributed by atoms with Crippen molar-refractivity contribution in [1.29, 1.82) is 0 Å². The maximum Gasteiger partial charge on any atom is 0.319 e. The summed E-state index contributed by atoms with van der Waals surface area (Å²) in [5.41, 5.74) is 15.0. The predicted octanol–water partition coefficient (Wildman–Crippen LogP) is 3.97. The fraction of sp³-hybridized carbons (Fsp3) is 0.320. The van der Waals surface area contributed by atoms with Gasteiger partial charge in [0.1, 0.15) is 11.3 Å². The molecule has 2 amide bonds. The van der Waals surface area contributed by atoms with E-state index in [1.54, 1.807) is 12.0 Å². The van der Waals surface area contributed by atoms with Gasteiger partial charge in [0.05, 0.1) is 17.6 Å². The molecule has 0 aliphatic carbocycles. The van der Waals surface area contributed by atoms with Crippen molar-refractivity contribution >= 4 is 39.5 Å². The maximum absolute atomic E-state index is 12.3. The summed E-state index contributed by atoms with van der Waals surface area (Å²) in [6, 6.07) is 16.9. The highest BCUT2D eigenvalue weighted by molar-refractivity contribution is 6.06. The molecular weight excluding hydrogens is 416 g/mol. The van der Waals surface area contributed by atoms with Crippen LogP contribution in [0.15, 0.2) is 54.6 Å². The van der Waals surface area contributed by atoms with Crippen LogP contribution in [0.5, 0.6) is 0 Å². The lowest BCUT2D eigenvalue weighted by Crippen LogP contribution is -2.43. The van der Waals surface area contributed by atoms with Crippen molar-refractivity contribution in [3.05, 3.63) is 60.4 Å². The highest BCUT2D eigenvalue weighted by atomic mass is 16.5. The number of carbonyl (C=O) groups excluding carboxylic acids is 1. The van der Waals surface area contributed by atoms with Crippen LogP contribution < -0.4 is 16.4 Å². The van der Waals surface area contributed by atoms with Crippen molar-refractivity contribution in [2.75, 3.05) is 30.9 Å². The van der Waals surface area contributed by atoms with Crippen molar-refractivity contribution < 1.29 is 9.53 Å². The van der Waals surface area contributed by atoms with E-state index < -0.39 is 6.03 Å². The second-order valence-electron chi connectivity index (χ2n) is 8.99. The lowest BCUT2D eigenvalue weighted by Gasteiger charge is -2.33. The molecule has 0 spiro atoms. The summed E-state index contributed by atoms with van der Waals surface area (Å²) < 4.78 is 7.52. The Labute approximate surface area is 193 Å². The first-order valence-electron chi connectivity index (χ1n) is 10.9. The van der Waals surface area contributed by atoms with Gasteiger partial charge in [0, 0.05) is 43.1 Å². The van der Waals surface area contributed by atoms with Gasteiger partial charge in [-0.2, -0.15) is 0 Å². The summed E-state index contributed by atoms with van der Waals surface area (Å²) in [5, 5.41) is 0.989. The molecule has 0 atom stereocenters. The number of fused-ring (bicyclic) bond motifs is 3. The van der Waals surface area contributed by atoms with Gasteiger partial charge < -0.3 is 20.8 Å². The third-order valence-electron chi connectivity index (χ3n) is 5.73. The summed E-state index contributed by atoms with van der Waals surface area (Å²) in [7, 11) is 1.67. The Hall–Kier alpha value is -3.65. The van der Waals surface area contributed by atoms with Gasteiger partial charge in [-0.05, 0) is 18.2 Å². The molecule has 0 fully saturated rings. The molecule has 172 valence electrons. The number of carbonyl (C=O) groups is 1. The van der Waals surface area contributed by atoms with Crippen molar-refractivity contribution in [3.8, 4) is 0 Å². The molecule has 8 nitrogen and oxygen atoms in total. The minimum atomic E-state index is -0.483. The number of hydrogen-bond donors (Lipinski definition) is 2. The number of aromatic nitrogens is 3. The number of ether oxygens (including phenoxy) is 1. The SMILES string of the molecule is COCCc1nc2c(N)nc3ccccc3c2n1CC(C)(C)CN(C(N)=O)c1ccccc1. The molecule has 4 N–H and O–H groups in total. The van der Waals surface area contributed by atoms with Gasteiger partial charge >= 0.3 is 6.03 Å². The number of anilines is 2. The van der Waals surface area contributed by atoms with E-state index in [0.29, 0.717) is 37.5 Å². The first kappa shape index (κ1) is 22.5. The third kappa shape index (κ3) is 4.61. The normalized spacial score (nSPS) is 11.8. The molecule has 0 aliphatic rings. The summed E-state index contributed by atoms with van der Waals surface area (Å²) in [5.74, 6) is 1.28. The van der Waals surface area contributed by atoms with Gasteiger partial charge in [-0.25, -0.2) is 14.8 Å². The molecule has 0 unspecified atom stereocenters. The van der Waals surface area contributed by atoms with Crippen LogP contribution in [-0.4, -0.2) is 40.8 Å². The van der Waals surface area contributed by atoms with Crippen LogP contribution in [0.1, 0.15) is 19.7 Å². The van der Waals surface area contributed by atoms with E-state index >= 15 is 0 Å². The van der Waals surface area contributed by atoms with E-state index in [-0.39, 0.29) is 5.41 Å².